The number of ether oxygens (including phenoxy) is 24. The van der Waals surface area contributed by atoms with Gasteiger partial charge in [0.25, 0.3) is 0 Å². The summed E-state index contributed by atoms with van der Waals surface area (Å²) in [5, 5.41) is 10.7. The molecular weight excluding hydrogens is 1440 g/mol. The predicted molar refractivity (Wildman–Crippen MR) is 316 cm³/mol. The second-order valence-corrected chi connectivity index (χ2v) is 23.5. The normalized spacial score (nSPS) is 33.7. The molecule has 0 aromatic carbocycles. The van der Waals surface area contributed by atoms with Gasteiger partial charge in [-0.1, -0.05) is 15.9 Å². The molecule has 0 saturated carbocycles. The monoisotopic (exact) mass is 1520 g/mol. The van der Waals surface area contributed by atoms with Crippen LogP contribution < -0.4 is 0 Å². The zero-order valence-electron chi connectivity index (χ0n) is 57.2. The van der Waals surface area contributed by atoms with Crippen molar-refractivity contribution in [2.75, 3.05) is 31.8 Å². The van der Waals surface area contributed by atoms with Crippen LogP contribution in [0, 0.1) is 0 Å². The van der Waals surface area contributed by atoms with Gasteiger partial charge in [-0.2, -0.15) is 0 Å². The quantitative estimate of drug-likeness (QED) is 0.0505. The Morgan fingerprint density at radius 1 is 0.238 bits per heavy atom. The van der Waals surface area contributed by atoms with Crippen molar-refractivity contribution in [1.29, 1.82) is 0 Å². The maximum atomic E-state index is 13.5. The Kier molecular flexibility index (Phi) is 31.9. The molecule has 40 nitrogen and oxygen atoms in total. The fraction of sp³-hybridized carbons (Fsp3) is 0.750. The zero-order chi connectivity index (χ0) is 75.6. The third-order valence-corrected chi connectivity index (χ3v) is 15.1. The summed E-state index contributed by atoms with van der Waals surface area (Å²) in [5.74, 6) is -15.9. The van der Waals surface area contributed by atoms with Crippen molar-refractivity contribution in [3.63, 3.8) is 0 Å². The van der Waals surface area contributed by atoms with Gasteiger partial charge < -0.3 is 119 Å². The van der Waals surface area contributed by atoms with Gasteiger partial charge in [0, 0.05) is 109 Å². The van der Waals surface area contributed by atoms with Gasteiger partial charge in [0.2, 0.25) is 0 Å². The lowest BCUT2D eigenvalue weighted by Gasteiger charge is -2.51. The number of hydrogen-bond acceptors (Lipinski definition) is 40. The van der Waals surface area contributed by atoms with Crippen LogP contribution in [0.4, 0.5) is 0 Å². The molecule has 5 heterocycles. The third-order valence-electron chi connectivity index (χ3n) is 14.4. The van der Waals surface area contributed by atoms with Crippen molar-refractivity contribution in [3.05, 3.63) is 0 Å². The molecule has 5 saturated heterocycles. The molecule has 568 valence electrons. The lowest BCUT2D eigenvalue weighted by molar-refractivity contribution is -0.390. The molecule has 25 unspecified atom stereocenters. The number of esters is 15. The number of alkyl halides is 1. The Bertz CT molecular complexity index is 2990. The largest absolute Gasteiger partial charge is 0.463 e. The Labute approximate surface area is 583 Å². The van der Waals surface area contributed by atoms with Crippen molar-refractivity contribution in [2.24, 2.45) is 0 Å². The van der Waals surface area contributed by atoms with E-state index in [2.05, 4.69) is 15.9 Å². The molecule has 0 bridgehead atoms. The van der Waals surface area contributed by atoms with Crippen LogP contribution in [0.15, 0.2) is 0 Å². The molecule has 0 aliphatic carbocycles. The Morgan fingerprint density at radius 2 is 0.416 bits per heavy atom. The zero-order valence-corrected chi connectivity index (χ0v) is 58.8. The topological polar surface area (TPSA) is 498 Å². The van der Waals surface area contributed by atoms with E-state index < -0.39 is 275 Å². The Balaban J connectivity index is 1.68. The SMILES string of the molecule is CC(=O)OCC1OC(O)C(OC(C)=O)C(OC(C)=O)C1OC1OC(COC(C)=O)C(OC2OC(CBr)C(OC3OC(COC(C)=O)C(OC4OC(COC(C)=O)C(OC(C)=O)C(OC(C)=O)C4OC(C)=O)C(OC(C)=O)C3OC(C)=O)C(OC(C)=O)C2OC(C)=O)C(OC(C)=O)C1OC(C)=O. The van der Waals surface area contributed by atoms with Crippen molar-refractivity contribution < 1.29 is 191 Å². The number of halogens is 1. The summed E-state index contributed by atoms with van der Waals surface area (Å²) in [6.07, 6.45) is -49.1. The number of aliphatic hydroxyl groups is 1. The van der Waals surface area contributed by atoms with Crippen LogP contribution in [0.1, 0.15) is 104 Å². The minimum Gasteiger partial charge on any atom is -0.463 e. The second kappa shape index (κ2) is 38.4. The summed E-state index contributed by atoms with van der Waals surface area (Å²) in [7, 11) is 0. The molecule has 5 rings (SSSR count). The minimum atomic E-state index is -2.19. The minimum absolute atomic E-state index is 0.437. The summed E-state index contributed by atoms with van der Waals surface area (Å²) >= 11 is 3.33. The van der Waals surface area contributed by atoms with Gasteiger partial charge in [0.15, 0.2) is 98.6 Å². The first-order valence-electron chi connectivity index (χ1n) is 30.8. The molecule has 5 fully saturated rings. The average molecular weight is 1520 g/mol. The van der Waals surface area contributed by atoms with Crippen LogP contribution in [0.5, 0.6) is 0 Å². The molecule has 0 aromatic heterocycles. The first kappa shape index (κ1) is 83.8. The highest BCUT2D eigenvalue weighted by atomic mass is 79.9. The van der Waals surface area contributed by atoms with Gasteiger partial charge in [0.05, 0.1) is 0 Å². The Hall–Kier alpha value is -7.87. The summed E-state index contributed by atoms with van der Waals surface area (Å²) in [6.45, 7) is 10.6. The van der Waals surface area contributed by atoms with Crippen LogP contribution in [0.3, 0.4) is 0 Å². The maximum absolute atomic E-state index is 13.5. The lowest BCUT2D eigenvalue weighted by atomic mass is 9.94. The summed E-state index contributed by atoms with van der Waals surface area (Å²) < 4.78 is 141. The molecule has 0 radical (unpaired) electrons. The summed E-state index contributed by atoms with van der Waals surface area (Å²) in [6, 6.07) is 0. The van der Waals surface area contributed by atoms with Crippen LogP contribution in [0.25, 0.3) is 0 Å². The van der Waals surface area contributed by atoms with Gasteiger partial charge in [-0.25, -0.2) is 0 Å². The van der Waals surface area contributed by atoms with E-state index >= 15 is 0 Å². The maximum Gasteiger partial charge on any atom is 0.303 e. The van der Waals surface area contributed by atoms with Gasteiger partial charge in [-0.3, -0.25) is 71.9 Å². The molecule has 5 aliphatic heterocycles. The highest BCUT2D eigenvalue weighted by molar-refractivity contribution is 9.09. The summed E-state index contributed by atoms with van der Waals surface area (Å²) in [4.78, 5) is 193. The molecule has 0 amide bonds. The van der Waals surface area contributed by atoms with Gasteiger partial charge in [-0.15, -0.1) is 0 Å². The van der Waals surface area contributed by atoms with Crippen molar-refractivity contribution in [3.8, 4) is 0 Å². The number of carbonyl (C=O) groups excluding carboxylic acids is 15. The number of hydrogen-bond donors (Lipinski definition) is 1. The standard InChI is InChI=1S/C60H81BrO40/c1-21(62)78-17-37-43(46(83-26(6)67)51(56(77)93-37)88-31(11)72)99-60-55(92-35(15)76)49(86-29(9)70)44(39(97-60)19-80-23(3)64)100-57-52(89-32(12)73)47(84-27(7)68)41(36(16-61)94-57)98-58-54(91-34(14)75)50(87-30(10)71)45(40(96-58)20-81-24(4)65)101-59-53(90-33(13)74)48(85-28(8)69)42(82-25(5)66)38(95-59)18-79-22(2)63/h36-60,77H,16-20H2,1-15H3. The van der Waals surface area contributed by atoms with Crippen molar-refractivity contribution in [1.82, 2.24) is 0 Å². The van der Waals surface area contributed by atoms with E-state index in [0.29, 0.717) is 0 Å². The van der Waals surface area contributed by atoms with E-state index in [1.165, 1.54) is 0 Å². The first-order valence-corrected chi connectivity index (χ1v) is 32.0. The number of aliphatic hydroxyl groups excluding tert-OH is 1. The second-order valence-electron chi connectivity index (χ2n) is 22.8. The smallest absolute Gasteiger partial charge is 0.303 e. The van der Waals surface area contributed by atoms with E-state index in [1.807, 2.05) is 0 Å². The van der Waals surface area contributed by atoms with E-state index in [1.54, 1.807) is 0 Å². The number of carbonyl (C=O) groups is 15. The first-order chi connectivity index (χ1) is 47.3. The van der Waals surface area contributed by atoms with Gasteiger partial charge in [0.1, 0.15) is 81.4 Å². The highest BCUT2D eigenvalue weighted by Crippen LogP contribution is 2.41. The van der Waals surface area contributed by atoms with E-state index in [4.69, 9.17) is 114 Å². The van der Waals surface area contributed by atoms with Crippen LogP contribution in [-0.2, 0) is 186 Å². The van der Waals surface area contributed by atoms with E-state index in [9.17, 15) is 77.0 Å². The fourth-order valence-corrected chi connectivity index (χ4v) is 11.7. The van der Waals surface area contributed by atoms with Gasteiger partial charge >= 0.3 is 89.5 Å². The lowest BCUT2D eigenvalue weighted by Crippen LogP contribution is -2.70. The Morgan fingerprint density at radius 3 is 0.653 bits per heavy atom. The molecule has 101 heavy (non-hydrogen) atoms. The van der Waals surface area contributed by atoms with Crippen LogP contribution in [0.2, 0.25) is 0 Å². The van der Waals surface area contributed by atoms with Crippen molar-refractivity contribution >= 4 is 105 Å². The third kappa shape index (κ3) is 24.7. The van der Waals surface area contributed by atoms with E-state index in [-0.39, 0.29) is 0 Å². The molecule has 0 aromatic rings. The molecule has 41 heteroatoms. The van der Waals surface area contributed by atoms with Crippen LogP contribution in [-0.4, -0.2) is 280 Å². The van der Waals surface area contributed by atoms with Crippen molar-refractivity contribution in [2.45, 2.75) is 257 Å². The molecule has 25 atom stereocenters. The molecule has 1 N–H and O–H groups in total. The molecule has 5 aliphatic rings. The number of rotatable bonds is 28. The molecule has 0 spiro atoms. The summed E-state index contributed by atoms with van der Waals surface area (Å²) in [5.41, 5.74) is 0. The average Bonchev–Trinajstić information content (AvgIpc) is 0.764. The highest BCUT2D eigenvalue weighted by Gasteiger charge is 2.63. The fourth-order valence-electron chi connectivity index (χ4n) is 11.1. The van der Waals surface area contributed by atoms with E-state index in [0.717, 1.165) is 104 Å². The van der Waals surface area contributed by atoms with Gasteiger partial charge in [-0.05, 0) is 0 Å². The molecular formula is C60H81BrO40. The van der Waals surface area contributed by atoms with Crippen LogP contribution >= 0.6 is 15.9 Å². The predicted octanol–water partition coefficient (Wildman–Crippen LogP) is -1.96.